The number of benzene rings is 1. The molecule has 0 aliphatic carbocycles. The molecule has 3 aromatic rings. The molecule has 0 fully saturated rings. The summed E-state index contributed by atoms with van der Waals surface area (Å²) in [6, 6.07) is 10.7. The molecule has 0 amide bonds. The van der Waals surface area contributed by atoms with Crippen LogP contribution in [0.2, 0.25) is 0 Å². The Bertz CT molecular complexity index is 748. The number of anilines is 1. The van der Waals surface area contributed by atoms with Gasteiger partial charge in [-0.2, -0.15) is 0 Å². The van der Waals surface area contributed by atoms with Crippen LogP contribution in [0.25, 0.3) is 10.9 Å². The molecule has 0 atom stereocenters. The third-order valence-corrected chi connectivity index (χ3v) is 4.44. The quantitative estimate of drug-likeness (QED) is 0.568. The van der Waals surface area contributed by atoms with Crippen LogP contribution in [0.5, 0.6) is 0 Å². The Morgan fingerprint density at radius 1 is 1.20 bits per heavy atom. The fourth-order valence-electron chi connectivity index (χ4n) is 2.44. The second-order valence-electron chi connectivity index (χ2n) is 4.99. The van der Waals surface area contributed by atoms with E-state index in [9.17, 15) is 0 Å². The minimum absolute atomic E-state index is 0.764. The molecule has 0 bridgehead atoms. The lowest BCUT2D eigenvalue weighted by molar-refractivity contribution is 1.16. The van der Waals surface area contributed by atoms with Crippen LogP contribution in [-0.4, -0.2) is 4.98 Å². The summed E-state index contributed by atoms with van der Waals surface area (Å²) in [6.45, 7) is 4.20. The average Bonchev–Trinajstić information content (AvgIpc) is 2.95. The maximum Gasteiger partial charge on any atom is 0.144 e. The summed E-state index contributed by atoms with van der Waals surface area (Å²) < 4.78 is 0. The van der Waals surface area contributed by atoms with Crippen molar-refractivity contribution < 1.29 is 0 Å². The predicted molar refractivity (Wildman–Crippen MR) is 86.2 cm³/mol. The summed E-state index contributed by atoms with van der Waals surface area (Å²) in [4.78, 5) is 6.02. The van der Waals surface area contributed by atoms with E-state index < -0.39 is 0 Å². The molecule has 0 saturated carbocycles. The van der Waals surface area contributed by atoms with Gasteiger partial charge in [0, 0.05) is 22.2 Å². The van der Waals surface area contributed by atoms with Crippen LogP contribution in [0.4, 0.5) is 5.82 Å². The van der Waals surface area contributed by atoms with Crippen molar-refractivity contribution >= 4 is 28.1 Å². The number of hydrogen-bond acceptors (Lipinski definition) is 4. The number of fused-ring (bicyclic) bond motifs is 1. The van der Waals surface area contributed by atoms with Crippen molar-refractivity contribution in [2.24, 2.45) is 5.84 Å². The molecule has 2 heterocycles. The summed E-state index contributed by atoms with van der Waals surface area (Å²) in [7, 11) is 0. The standard InChI is InChI=1S/C16H17N3S/c1-10-5-6-11(2)15-14(10)9-12(16(18-15)19-17)8-13-4-3-7-20-13/h3-7,9H,8,17H2,1-2H3,(H,18,19). The highest BCUT2D eigenvalue weighted by atomic mass is 32.1. The van der Waals surface area contributed by atoms with Gasteiger partial charge in [0.25, 0.3) is 0 Å². The first kappa shape index (κ1) is 13.1. The number of nitrogens with two attached hydrogens (primary N) is 1. The molecule has 0 radical (unpaired) electrons. The number of nitrogens with zero attached hydrogens (tertiary/aromatic N) is 1. The molecular formula is C16H17N3S. The molecular weight excluding hydrogens is 266 g/mol. The molecule has 0 unspecified atom stereocenters. The average molecular weight is 283 g/mol. The van der Waals surface area contributed by atoms with Crippen molar-refractivity contribution in [1.82, 2.24) is 4.98 Å². The van der Waals surface area contributed by atoms with Gasteiger partial charge in [-0.3, -0.25) is 0 Å². The molecule has 1 aromatic carbocycles. The zero-order valence-electron chi connectivity index (χ0n) is 11.6. The summed E-state index contributed by atoms with van der Waals surface area (Å²) in [5, 5.41) is 3.30. The van der Waals surface area contributed by atoms with Crippen LogP contribution in [0.3, 0.4) is 0 Å². The third-order valence-electron chi connectivity index (χ3n) is 3.56. The van der Waals surface area contributed by atoms with E-state index in [-0.39, 0.29) is 0 Å². The van der Waals surface area contributed by atoms with Crippen LogP contribution in [0, 0.1) is 13.8 Å². The lowest BCUT2D eigenvalue weighted by Crippen LogP contribution is -2.11. The fourth-order valence-corrected chi connectivity index (χ4v) is 3.16. The Balaban J connectivity index is 2.18. The van der Waals surface area contributed by atoms with Gasteiger partial charge in [0.1, 0.15) is 5.82 Å². The van der Waals surface area contributed by atoms with Crippen LogP contribution in [-0.2, 0) is 6.42 Å². The number of rotatable bonds is 3. The zero-order valence-corrected chi connectivity index (χ0v) is 12.4. The number of hydrogen-bond donors (Lipinski definition) is 2. The molecule has 3 N–H and O–H groups in total. The van der Waals surface area contributed by atoms with Crippen molar-refractivity contribution in [3.8, 4) is 0 Å². The van der Waals surface area contributed by atoms with Crippen LogP contribution >= 0.6 is 11.3 Å². The van der Waals surface area contributed by atoms with E-state index in [1.54, 1.807) is 11.3 Å². The summed E-state index contributed by atoms with van der Waals surface area (Å²) in [5.74, 6) is 6.41. The van der Waals surface area contributed by atoms with Gasteiger partial charge < -0.3 is 5.43 Å². The molecule has 3 nitrogen and oxygen atoms in total. The Hall–Kier alpha value is -1.91. The molecule has 0 aliphatic heterocycles. The van der Waals surface area contributed by atoms with Crippen molar-refractivity contribution in [1.29, 1.82) is 0 Å². The summed E-state index contributed by atoms with van der Waals surface area (Å²) in [5.41, 5.74) is 7.31. The number of thiophene rings is 1. The first-order valence-electron chi connectivity index (χ1n) is 6.58. The maximum absolute atomic E-state index is 5.65. The lowest BCUT2D eigenvalue weighted by Gasteiger charge is -2.12. The topological polar surface area (TPSA) is 50.9 Å². The van der Waals surface area contributed by atoms with Gasteiger partial charge >= 0.3 is 0 Å². The third kappa shape index (κ3) is 2.28. The number of hydrazine groups is 1. The van der Waals surface area contributed by atoms with Crippen LogP contribution in [0.1, 0.15) is 21.6 Å². The molecule has 102 valence electrons. The number of aromatic nitrogens is 1. The van der Waals surface area contributed by atoms with E-state index in [2.05, 4.69) is 55.0 Å². The SMILES string of the molecule is Cc1ccc(C)c2nc(NN)c(Cc3cccs3)cc12. The van der Waals surface area contributed by atoms with E-state index in [0.29, 0.717) is 0 Å². The summed E-state index contributed by atoms with van der Waals surface area (Å²) >= 11 is 1.75. The second-order valence-corrected chi connectivity index (χ2v) is 6.02. The van der Waals surface area contributed by atoms with Gasteiger partial charge in [-0.1, -0.05) is 18.2 Å². The van der Waals surface area contributed by atoms with E-state index >= 15 is 0 Å². The summed E-state index contributed by atoms with van der Waals surface area (Å²) in [6.07, 6.45) is 0.855. The first-order valence-corrected chi connectivity index (χ1v) is 7.46. The Kier molecular flexibility index (Phi) is 3.42. The van der Waals surface area contributed by atoms with Crippen molar-refractivity contribution in [3.63, 3.8) is 0 Å². The van der Waals surface area contributed by atoms with Gasteiger partial charge in [-0.05, 0) is 42.5 Å². The van der Waals surface area contributed by atoms with Gasteiger partial charge in [0.05, 0.1) is 5.52 Å². The molecule has 0 spiro atoms. The normalized spacial score (nSPS) is 10.9. The Morgan fingerprint density at radius 2 is 2.00 bits per heavy atom. The van der Waals surface area contributed by atoms with E-state index in [1.807, 2.05) is 0 Å². The Labute approximate surface area is 122 Å². The van der Waals surface area contributed by atoms with E-state index in [0.717, 1.165) is 23.3 Å². The van der Waals surface area contributed by atoms with Crippen molar-refractivity contribution in [2.75, 3.05) is 5.43 Å². The number of nitrogens with one attached hydrogen (secondary N) is 1. The molecule has 20 heavy (non-hydrogen) atoms. The minimum atomic E-state index is 0.764. The van der Waals surface area contributed by atoms with Crippen LogP contribution < -0.4 is 11.3 Å². The molecule has 0 saturated heterocycles. The Morgan fingerprint density at radius 3 is 2.70 bits per heavy atom. The maximum atomic E-state index is 5.65. The van der Waals surface area contributed by atoms with Crippen LogP contribution in [0.15, 0.2) is 35.7 Å². The number of nitrogen functional groups attached to an aromatic ring is 1. The molecule has 2 aromatic heterocycles. The van der Waals surface area contributed by atoms with E-state index in [4.69, 9.17) is 10.8 Å². The lowest BCUT2D eigenvalue weighted by atomic mass is 10.0. The number of aryl methyl sites for hydroxylation is 2. The van der Waals surface area contributed by atoms with Gasteiger partial charge in [-0.25, -0.2) is 10.8 Å². The van der Waals surface area contributed by atoms with Crippen molar-refractivity contribution in [3.05, 3.63) is 57.3 Å². The molecule has 0 aliphatic rings. The minimum Gasteiger partial charge on any atom is -0.308 e. The van der Waals surface area contributed by atoms with Gasteiger partial charge in [0.2, 0.25) is 0 Å². The van der Waals surface area contributed by atoms with Crippen molar-refractivity contribution in [2.45, 2.75) is 20.3 Å². The highest BCUT2D eigenvalue weighted by Crippen LogP contribution is 2.27. The molecule has 4 heteroatoms. The molecule has 3 rings (SSSR count). The number of pyridine rings is 1. The monoisotopic (exact) mass is 283 g/mol. The first-order chi connectivity index (χ1) is 9.69. The van der Waals surface area contributed by atoms with E-state index in [1.165, 1.54) is 21.4 Å². The fraction of sp³-hybridized carbons (Fsp3) is 0.188. The predicted octanol–water partition coefficient (Wildman–Crippen LogP) is 3.79. The van der Waals surface area contributed by atoms with Gasteiger partial charge in [-0.15, -0.1) is 11.3 Å². The largest absolute Gasteiger partial charge is 0.308 e. The highest BCUT2D eigenvalue weighted by molar-refractivity contribution is 7.09. The second kappa shape index (κ2) is 5.23. The zero-order chi connectivity index (χ0) is 14.1. The van der Waals surface area contributed by atoms with Gasteiger partial charge in [0.15, 0.2) is 0 Å². The highest BCUT2D eigenvalue weighted by Gasteiger charge is 2.10. The smallest absolute Gasteiger partial charge is 0.144 e.